The summed E-state index contributed by atoms with van der Waals surface area (Å²) in [4.78, 5) is 22.2. The third kappa shape index (κ3) is 5.45. The van der Waals surface area contributed by atoms with Crippen LogP contribution in [0.2, 0.25) is 0 Å². The van der Waals surface area contributed by atoms with E-state index in [0.29, 0.717) is 22.4 Å². The van der Waals surface area contributed by atoms with Gasteiger partial charge in [-0.15, -0.1) is 0 Å². The number of hydrogen-bond acceptors (Lipinski definition) is 6. The van der Waals surface area contributed by atoms with Crippen LogP contribution in [-0.2, 0) is 18.9 Å². The van der Waals surface area contributed by atoms with E-state index in [9.17, 15) is 19.8 Å². The van der Waals surface area contributed by atoms with Crippen molar-refractivity contribution in [2.75, 3.05) is 5.32 Å². The van der Waals surface area contributed by atoms with Crippen LogP contribution in [0.3, 0.4) is 0 Å². The van der Waals surface area contributed by atoms with Crippen molar-refractivity contribution in [3.8, 4) is 34.0 Å². The molecule has 3 N–H and O–H groups in total. The first-order valence-electron chi connectivity index (χ1n) is 10.1. The molecule has 9 heteroatoms. The summed E-state index contributed by atoms with van der Waals surface area (Å²) in [5.41, 5.74) is 4.04. The lowest BCUT2D eigenvalue weighted by Gasteiger charge is -2.08. The van der Waals surface area contributed by atoms with E-state index in [0.717, 1.165) is 11.4 Å². The molecule has 0 fully saturated rings. The fourth-order valence-corrected chi connectivity index (χ4v) is 3.26. The van der Waals surface area contributed by atoms with Crippen LogP contribution in [0, 0.1) is 0 Å². The van der Waals surface area contributed by atoms with E-state index >= 15 is 0 Å². The third-order valence-corrected chi connectivity index (χ3v) is 4.91. The smallest absolute Gasteiger partial charge is 0.221 e. The molecule has 0 radical (unpaired) electrons. The average Bonchev–Trinajstić information content (AvgIpc) is 3.38. The Morgan fingerprint density at radius 3 is 1.76 bits per heavy atom. The van der Waals surface area contributed by atoms with Crippen molar-refractivity contribution in [3.63, 3.8) is 0 Å². The molecule has 0 aliphatic carbocycles. The molecule has 4 rings (SSSR count). The van der Waals surface area contributed by atoms with Crippen LogP contribution in [0.1, 0.15) is 24.2 Å². The van der Waals surface area contributed by atoms with Gasteiger partial charge in [-0.2, -0.15) is 10.2 Å². The second-order valence-corrected chi connectivity index (χ2v) is 7.38. The Balaban J connectivity index is 0.000000186. The number of ketones is 1. The number of phenols is 2. The number of benzene rings is 2. The SMILES string of the molecule is CC(=O)Nc1ccc(O)c(-c2ccnn2C)c1.CC(=O)c1ccc(O)c(-c2ccnn2C)c1. The number of aromatic nitrogens is 4. The van der Waals surface area contributed by atoms with Gasteiger partial charge in [-0.25, -0.2) is 0 Å². The monoisotopic (exact) mass is 447 g/mol. The second kappa shape index (κ2) is 9.82. The topological polar surface area (TPSA) is 122 Å². The van der Waals surface area contributed by atoms with Crippen molar-refractivity contribution in [2.45, 2.75) is 13.8 Å². The van der Waals surface area contributed by atoms with Crippen molar-refractivity contribution in [3.05, 3.63) is 66.5 Å². The Labute approximate surface area is 190 Å². The minimum atomic E-state index is -0.147. The summed E-state index contributed by atoms with van der Waals surface area (Å²) < 4.78 is 3.31. The molecule has 4 aromatic rings. The molecule has 0 saturated heterocycles. The Bertz CT molecular complexity index is 1310. The van der Waals surface area contributed by atoms with E-state index < -0.39 is 0 Å². The van der Waals surface area contributed by atoms with Crippen molar-refractivity contribution >= 4 is 17.4 Å². The Morgan fingerprint density at radius 1 is 0.788 bits per heavy atom. The number of phenolic OH excluding ortho intramolecular Hbond substituents is 2. The first-order valence-corrected chi connectivity index (χ1v) is 10.1. The first-order chi connectivity index (χ1) is 15.7. The van der Waals surface area contributed by atoms with Crippen LogP contribution in [0.25, 0.3) is 22.5 Å². The molecule has 2 heterocycles. The predicted octanol–water partition coefficient (Wildman–Crippen LogP) is 3.75. The van der Waals surface area contributed by atoms with E-state index in [2.05, 4.69) is 15.5 Å². The van der Waals surface area contributed by atoms with Gasteiger partial charge in [0.05, 0.1) is 11.4 Å². The second-order valence-electron chi connectivity index (χ2n) is 7.38. The van der Waals surface area contributed by atoms with Crippen molar-refractivity contribution < 1.29 is 19.8 Å². The molecule has 33 heavy (non-hydrogen) atoms. The lowest BCUT2D eigenvalue weighted by molar-refractivity contribution is -0.114. The zero-order chi connectivity index (χ0) is 24.1. The minimum absolute atomic E-state index is 0.0246. The summed E-state index contributed by atoms with van der Waals surface area (Å²) in [7, 11) is 3.58. The van der Waals surface area contributed by atoms with Crippen molar-refractivity contribution in [1.29, 1.82) is 0 Å². The Hall–Kier alpha value is -4.40. The molecule has 0 bridgehead atoms. The van der Waals surface area contributed by atoms with Gasteiger partial charge >= 0.3 is 0 Å². The highest BCUT2D eigenvalue weighted by Crippen LogP contribution is 2.31. The molecule has 170 valence electrons. The van der Waals surface area contributed by atoms with E-state index in [1.807, 2.05) is 0 Å². The van der Waals surface area contributed by atoms with E-state index in [1.165, 1.54) is 19.9 Å². The highest BCUT2D eigenvalue weighted by molar-refractivity contribution is 5.95. The highest BCUT2D eigenvalue weighted by atomic mass is 16.3. The number of nitrogens with one attached hydrogen (secondary N) is 1. The van der Waals surface area contributed by atoms with Crippen LogP contribution >= 0.6 is 0 Å². The molecule has 0 aliphatic heterocycles. The molecular weight excluding hydrogens is 422 g/mol. The summed E-state index contributed by atoms with van der Waals surface area (Å²) in [5.74, 6) is 0.131. The third-order valence-electron chi connectivity index (χ3n) is 4.91. The molecule has 0 spiro atoms. The molecule has 0 saturated carbocycles. The molecule has 0 atom stereocenters. The van der Waals surface area contributed by atoms with Gasteiger partial charge in [-0.3, -0.25) is 19.0 Å². The lowest BCUT2D eigenvalue weighted by atomic mass is 10.0. The number of carbonyl (C=O) groups is 2. The number of nitrogens with zero attached hydrogens (tertiary/aromatic N) is 4. The number of anilines is 1. The van der Waals surface area contributed by atoms with Gasteiger partial charge < -0.3 is 15.5 Å². The molecule has 0 unspecified atom stereocenters. The standard InChI is InChI=1S/C12H13N3O2.C12H12N2O2/c1-8(16)14-9-3-4-12(17)10(7-9)11-5-6-13-15(11)2;1-8(15)9-3-4-12(16)10(7-9)11-5-6-13-14(11)2/h3-7,17H,1-2H3,(H,14,16);3-7,16H,1-2H3. The number of carbonyl (C=O) groups excluding carboxylic acids is 2. The zero-order valence-electron chi connectivity index (χ0n) is 18.8. The normalized spacial score (nSPS) is 10.3. The number of aryl methyl sites for hydroxylation is 2. The van der Waals surface area contributed by atoms with Gasteiger partial charge in [0.2, 0.25) is 5.91 Å². The summed E-state index contributed by atoms with van der Waals surface area (Å²) in [6, 6.07) is 13.3. The number of Topliss-reactive ketones (excluding diaryl/α,β-unsaturated/α-hetero) is 1. The highest BCUT2D eigenvalue weighted by Gasteiger charge is 2.11. The maximum atomic E-state index is 11.3. The van der Waals surface area contributed by atoms with Crippen LogP contribution in [0.15, 0.2) is 60.9 Å². The molecule has 0 aliphatic rings. The number of hydrogen-bond donors (Lipinski definition) is 3. The van der Waals surface area contributed by atoms with Gasteiger partial charge in [-0.1, -0.05) is 0 Å². The first kappa shape index (κ1) is 23.3. The van der Waals surface area contributed by atoms with Crippen LogP contribution < -0.4 is 5.32 Å². The maximum absolute atomic E-state index is 11.3. The van der Waals surface area contributed by atoms with Gasteiger partial charge in [0.1, 0.15) is 11.5 Å². The van der Waals surface area contributed by atoms with Crippen LogP contribution in [0.5, 0.6) is 11.5 Å². The van der Waals surface area contributed by atoms with Gasteiger partial charge in [0.15, 0.2) is 5.78 Å². The van der Waals surface area contributed by atoms with Gasteiger partial charge in [0, 0.05) is 55.8 Å². The summed E-state index contributed by atoms with van der Waals surface area (Å²) in [5, 5.41) is 30.3. The maximum Gasteiger partial charge on any atom is 0.221 e. The van der Waals surface area contributed by atoms with Crippen LogP contribution in [-0.4, -0.2) is 41.5 Å². The van der Waals surface area contributed by atoms with E-state index in [4.69, 9.17) is 0 Å². The van der Waals surface area contributed by atoms with Gasteiger partial charge in [-0.05, 0) is 55.5 Å². The number of aromatic hydroxyl groups is 2. The molecular formula is C24H25N5O4. The quantitative estimate of drug-likeness (QED) is 0.324. The fraction of sp³-hybridized carbons (Fsp3) is 0.167. The summed E-state index contributed by atoms with van der Waals surface area (Å²) in [6.07, 6.45) is 3.30. The van der Waals surface area contributed by atoms with Gasteiger partial charge in [0.25, 0.3) is 0 Å². The van der Waals surface area contributed by atoms with Crippen molar-refractivity contribution in [1.82, 2.24) is 19.6 Å². The largest absolute Gasteiger partial charge is 0.507 e. The number of amides is 1. The number of rotatable bonds is 4. The molecule has 1 amide bonds. The Kier molecular flexibility index (Phi) is 6.92. The fourth-order valence-electron chi connectivity index (χ4n) is 3.26. The zero-order valence-corrected chi connectivity index (χ0v) is 18.8. The summed E-state index contributed by atoms with van der Waals surface area (Å²) in [6.45, 7) is 2.94. The molecule has 9 nitrogen and oxygen atoms in total. The minimum Gasteiger partial charge on any atom is -0.507 e. The van der Waals surface area contributed by atoms with E-state index in [-0.39, 0.29) is 23.2 Å². The van der Waals surface area contributed by atoms with Crippen molar-refractivity contribution in [2.24, 2.45) is 14.1 Å². The molecule has 2 aromatic heterocycles. The predicted molar refractivity (Wildman–Crippen MR) is 125 cm³/mol. The lowest BCUT2D eigenvalue weighted by Crippen LogP contribution is -2.05. The van der Waals surface area contributed by atoms with E-state index in [1.54, 1.807) is 78.3 Å². The summed E-state index contributed by atoms with van der Waals surface area (Å²) >= 11 is 0. The van der Waals surface area contributed by atoms with Crippen LogP contribution in [0.4, 0.5) is 5.69 Å². The average molecular weight is 447 g/mol. The Morgan fingerprint density at radius 2 is 1.30 bits per heavy atom. The molecule has 2 aromatic carbocycles.